The number of nitrogens with zero attached hydrogens (tertiary/aromatic N) is 1. The number of benzene rings is 4. The van der Waals surface area contributed by atoms with Crippen molar-refractivity contribution in [2.45, 2.75) is 99.6 Å². The summed E-state index contributed by atoms with van der Waals surface area (Å²) in [6.45, 7) is 5.98. The van der Waals surface area contributed by atoms with Crippen molar-refractivity contribution < 1.29 is 47.4 Å². The van der Waals surface area contributed by atoms with Gasteiger partial charge in [-0.25, -0.2) is 4.39 Å². The minimum absolute atomic E-state index is 0.0832. The van der Waals surface area contributed by atoms with Crippen LogP contribution >= 0.6 is 23.2 Å². The Balaban J connectivity index is 0.705. The van der Waals surface area contributed by atoms with E-state index < -0.39 is 58.4 Å². The van der Waals surface area contributed by atoms with Gasteiger partial charge in [-0.2, -0.15) is 0 Å². The summed E-state index contributed by atoms with van der Waals surface area (Å²) in [4.78, 5) is 82.4. The number of nitrogens with one attached hydrogen (secondary N) is 4. The molecule has 4 aromatic carbocycles. The van der Waals surface area contributed by atoms with Crippen LogP contribution in [-0.4, -0.2) is 97.5 Å². The van der Waals surface area contributed by atoms with E-state index in [1.54, 1.807) is 60.7 Å². The monoisotopic (exact) mass is 1010 g/mol. The first kappa shape index (κ1) is 50.1. The molecule has 2 spiro atoms. The Labute approximate surface area is 421 Å². The van der Waals surface area contributed by atoms with Crippen LogP contribution < -0.4 is 21.3 Å². The molecule has 2 saturated heterocycles. The lowest BCUT2D eigenvalue weighted by atomic mass is 9.55. The molecule has 4 atom stereocenters. The minimum atomic E-state index is -1.36. The Morgan fingerprint density at radius 2 is 1.52 bits per heavy atom. The maximum atomic E-state index is 16.2. The molecule has 17 heteroatoms. The van der Waals surface area contributed by atoms with Gasteiger partial charge in [0.2, 0.25) is 17.7 Å². The van der Waals surface area contributed by atoms with Gasteiger partial charge in [-0.3, -0.25) is 39.0 Å². The van der Waals surface area contributed by atoms with E-state index in [1.807, 2.05) is 12.1 Å². The Morgan fingerprint density at radius 1 is 0.817 bits per heavy atom. The molecule has 4 N–H and O–H groups in total. The second kappa shape index (κ2) is 21.5. The molecule has 372 valence electrons. The molecule has 4 aromatic rings. The van der Waals surface area contributed by atoms with Crippen molar-refractivity contribution in [1.29, 1.82) is 0 Å². The maximum absolute atomic E-state index is 16.2. The van der Waals surface area contributed by atoms with E-state index in [1.165, 1.54) is 6.07 Å². The van der Waals surface area contributed by atoms with Crippen LogP contribution in [0.2, 0.25) is 10.0 Å². The molecule has 4 aliphatic heterocycles. The fourth-order valence-electron chi connectivity index (χ4n) is 11.4. The number of ether oxygens (including phenoxy) is 3. The summed E-state index contributed by atoms with van der Waals surface area (Å²) in [6, 6.07) is 19.8. The Morgan fingerprint density at radius 3 is 2.25 bits per heavy atom. The Kier molecular flexibility index (Phi) is 15.2. The van der Waals surface area contributed by atoms with Crippen molar-refractivity contribution in [3.05, 3.63) is 140 Å². The van der Waals surface area contributed by atoms with Gasteiger partial charge in [0.1, 0.15) is 17.3 Å². The van der Waals surface area contributed by atoms with Crippen LogP contribution in [0.5, 0.6) is 0 Å². The molecule has 5 aliphatic rings. The lowest BCUT2D eigenvalue weighted by Crippen LogP contribution is -2.60. The third-order valence-electron chi connectivity index (χ3n) is 14.6. The Hall–Kier alpha value is -5.81. The summed E-state index contributed by atoms with van der Waals surface area (Å²) in [5.41, 5.74) is 2.04. The van der Waals surface area contributed by atoms with E-state index in [4.69, 9.17) is 37.4 Å². The number of aryl methyl sites for hydroxylation is 1. The number of ketones is 1. The quantitative estimate of drug-likeness (QED) is 0.0404. The highest BCUT2D eigenvalue weighted by Gasteiger charge is 2.72. The number of carbonyl (C=O) groups excluding carboxylic acids is 6. The molecule has 9 rings (SSSR count). The molecule has 5 amide bonds. The van der Waals surface area contributed by atoms with Crippen molar-refractivity contribution in [3.63, 3.8) is 0 Å². The van der Waals surface area contributed by atoms with Crippen molar-refractivity contribution >= 4 is 69.9 Å². The zero-order chi connectivity index (χ0) is 49.9. The molecule has 0 bridgehead atoms. The molecule has 1 saturated carbocycles. The van der Waals surface area contributed by atoms with Crippen LogP contribution in [0.1, 0.15) is 118 Å². The molecule has 0 aromatic heterocycles. The van der Waals surface area contributed by atoms with Gasteiger partial charge in [-0.15, -0.1) is 0 Å². The van der Waals surface area contributed by atoms with E-state index >= 15 is 4.39 Å². The standard InChI is InChI=1S/C54H56Cl2FN5O9/c1-32-15-22-42(48(64)58-32)62-50(66)37-11-5-9-34(44(37)51(62)67)10-7-25-69-27-29-71-30-28-70-26-8-14-43(63)33-16-19-36(20-17-33)59-49(65)47-45(38-12-6-13-40(56)46(38)57)54(53(61-47)23-3-2-4-24-53)39-21-18-35(55)31-41(39)60-52(54)68/h5-6,9,11-13,16-21,31,42,45,47,61H,1-4,7-8,10,14-15,22-30H2,(H,58,64)(H,59,65)(H,60,68)/t42?,45-,47+,54+/m0/s1. The van der Waals surface area contributed by atoms with E-state index in [9.17, 15) is 28.8 Å². The highest BCUT2D eigenvalue weighted by Crippen LogP contribution is 2.63. The smallest absolute Gasteiger partial charge is 0.262 e. The van der Waals surface area contributed by atoms with Gasteiger partial charge in [0.05, 0.1) is 48.6 Å². The molecule has 14 nitrogen and oxygen atoms in total. The summed E-state index contributed by atoms with van der Waals surface area (Å²) >= 11 is 12.8. The Bertz CT molecular complexity index is 2770. The third kappa shape index (κ3) is 9.67. The number of amides is 5. The number of carbonyl (C=O) groups is 6. The number of imide groups is 1. The number of piperidine rings is 1. The summed E-state index contributed by atoms with van der Waals surface area (Å²) in [5.74, 6) is -3.81. The average molecular weight is 1010 g/mol. The summed E-state index contributed by atoms with van der Waals surface area (Å²) in [6.07, 6.45) is 6.53. The molecular weight excluding hydrogens is 953 g/mol. The largest absolute Gasteiger partial charge is 0.379 e. The molecule has 4 heterocycles. The second-order valence-electron chi connectivity index (χ2n) is 18.8. The molecule has 1 unspecified atom stereocenters. The van der Waals surface area contributed by atoms with E-state index in [-0.39, 0.29) is 28.7 Å². The predicted molar refractivity (Wildman–Crippen MR) is 265 cm³/mol. The number of allylic oxidation sites excluding steroid dienone is 1. The van der Waals surface area contributed by atoms with Gasteiger partial charge in [0, 0.05) is 58.7 Å². The topological polar surface area (TPSA) is 181 Å². The first-order valence-electron chi connectivity index (χ1n) is 24.3. The van der Waals surface area contributed by atoms with Crippen LogP contribution in [0.25, 0.3) is 0 Å². The first-order chi connectivity index (χ1) is 34.3. The highest BCUT2D eigenvalue weighted by atomic mass is 35.5. The zero-order valence-corrected chi connectivity index (χ0v) is 40.7. The fourth-order valence-corrected chi connectivity index (χ4v) is 11.8. The molecule has 1 aliphatic carbocycles. The average Bonchev–Trinajstić information content (AvgIpc) is 3.91. The minimum Gasteiger partial charge on any atom is -0.379 e. The number of anilines is 2. The summed E-state index contributed by atoms with van der Waals surface area (Å²) in [7, 11) is 0. The lowest BCUT2D eigenvalue weighted by Gasteiger charge is -2.47. The normalized spacial score (nSPS) is 22.2. The van der Waals surface area contributed by atoms with Gasteiger partial charge in [-0.1, -0.05) is 79.4 Å². The number of halogens is 3. The second-order valence-corrected chi connectivity index (χ2v) is 19.7. The summed E-state index contributed by atoms with van der Waals surface area (Å²) < 4.78 is 33.3. The number of rotatable bonds is 19. The number of fused-ring (bicyclic) bond motifs is 4. The van der Waals surface area contributed by atoms with E-state index in [0.717, 1.165) is 29.7 Å². The van der Waals surface area contributed by atoms with Crippen molar-refractivity contribution in [2.24, 2.45) is 0 Å². The number of Topliss-reactive ketones (excluding diaryl/α,β-unsaturated/α-hetero) is 1. The van der Waals surface area contributed by atoms with Gasteiger partial charge >= 0.3 is 0 Å². The third-order valence-corrected chi connectivity index (χ3v) is 15.1. The van der Waals surface area contributed by atoms with E-state index in [0.29, 0.717) is 129 Å². The molecule has 0 radical (unpaired) electrons. The molecule has 71 heavy (non-hydrogen) atoms. The van der Waals surface area contributed by atoms with Crippen LogP contribution in [0.3, 0.4) is 0 Å². The number of hydrogen-bond acceptors (Lipinski definition) is 10. The fraction of sp³-hybridized carbons (Fsp3) is 0.407. The maximum Gasteiger partial charge on any atom is 0.262 e. The molecular formula is C54H56Cl2FN5O9. The van der Waals surface area contributed by atoms with Crippen molar-refractivity contribution in [1.82, 2.24) is 15.5 Å². The SMILES string of the molecule is C=C1CCC(N2C(=O)c3cccc(CCCOCCOCCOCCCC(=O)c4ccc(NC(=O)[C@@H]5NC6(CCCCC6)[C@@]6(C(=O)Nc7cc(Cl)ccc76)[C@H]5c5cccc(Cl)c5F)cc4)c3C2=O)C(=O)N1. The van der Waals surface area contributed by atoms with Gasteiger partial charge in [0.25, 0.3) is 11.8 Å². The van der Waals surface area contributed by atoms with Crippen molar-refractivity contribution in [2.75, 3.05) is 50.3 Å². The summed E-state index contributed by atoms with van der Waals surface area (Å²) in [5, 5.41) is 12.6. The van der Waals surface area contributed by atoms with Gasteiger partial charge < -0.3 is 30.2 Å². The van der Waals surface area contributed by atoms with Gasteiger partial charge in [0.15, 0.2) is 5.78 Å². The van der Waals surface area contributed by atoms with Crippen LogP contribution in [-0.2, 0) is 40.4 Å². The zero-order valence-electron chi connectivity index (χ0n) is 39.2. The lowest BCUT2D eigenvalue weighted by molar-refractivity contribution is -0.125. The number of hydrogen-bond donors (Lipinski definition) is 4. The van der Waals surface area contributed by atoms with Crippen LogP contribution in [0.15, 0.2) is 91.1 Å². The highest BCUT2D eigenvalue weighted by molar-refractivity contribution is 6.31. The first-order valence-corrected chi connectivity index (χ1v) is 25.1. The van der Waals surface area contributed by atoms with Gasteiger partial charge in [-0.05, 0) is 110 Å². The molecule has 3 fully saturated rings. The van der Waals surface area contributed by atoms with Crippen molar-refractivity contribution in [3.8, 4) is 0 Å². The van der Waals surface area contributed by atoms with Crippen LogP contribution in [0.4, 0.5) is 15.8 Å². The predicted octanol–water partition coefficient (Wildman–Crippen LogP) is 8.45. The van der Waals surface area contributed by atoms with E-state index in [2.05, 4.69) is 27.8 Å². The van der Waals surface area contributed by atoms with Crippen LogP contribution in [0, 0.1) is 5.82 Å².